The van der Waals surface area contributed by atoms with Crippen molar-refractivity contribution in [2.24, 2.45) is 0 Å². The fourth-order valence-corrected chi connectivity index (χ4v) is 5.70. The quantitative estimate of drug-likeness (QED) is 0.224. The van der Waals surface area contributed by atoms with Gasteiger partial charge in [-0.05, 0) is 90.8 Å². The van der Waals surface area contributed by atoms with E-state index in [0.29, 0.717) is 0 Å². The number of nitrogens with two attached hydrogens (primary N) is 2. The molecular formula is C42H52N10Ru+4. The number of aromatic nitrogens is 6. The van der Waals surface area contributed by atoms with Crippen molar-refractivity contribution in [3.63, 3.8) is 0 Å². The summed E-state index contributed by atoms with van der Waals surface area (Å²) < 4.78 is 0. The molecule has 10 nitrogen and oxygen atoms in total. The molecule has 0 aromatic carbocycles. The minimum Gasteiger partial charge on any atom is -0.345 e. The molecular weight excluding hydrogens is 746 g/mol. The Morgan fingerprint density at radius 3 is 1.57 bits per heavy atom. The molecule has 0 saturated carbocycles. The van der Waals surface area contributed by atoms with Gasteiger partial charge in [-0.2, -0.15) is 0 Å². The van der Waals surface area contributed by atoms with Crippen molar-refractivity contribution >= 4 is 0 Å². The Kier molecular flexibility index (Phi) is 19.1. The van der Waals surface area contributed by atoms with Gasteiger partial charge in [-0.25, -0.2) is 0 Å². The zero-order chi connectivity index (χ0) is 35.9. The molecule has 274 valence electrons. The second-order valence-electron chi connectivity index (χ2n) is 12.6. The Morgan fingerprint density at radius 1 is 0.509 bits per heavy atom. The van der Waals surface area contributed by atoms with E-state index in [-0.39, 0.29) is 19.5 Å². The van der Waals surface area contributed by atoms with E-state index in [9.17, 15) is 0 Å². The van der Waals surface area contributed by atoms with Crippen molar-refractivity contribution in [3.8, 4) is 34.2 Å². The summed E-state index contributed by atoms with van der Waals surface area (Å²) in [6, 6.07) is 31.7. The van der Waals surface area contributed by atoms with Crippen LogP contribution in [0.3, 0.4) is 0 Å². The van der Waals surface area contributed by atoms with Gasteiger partial charge in [0, 0.05) is 82.7 Å². The van der Waals surface area contributed by atoms with E-state index in [1.54, 1.807) is 24.8 Å². The molecule has 0 aliphatic carbocycles. The topological polar surface area (TPSA) is 126 Å². The third-order valence-electron chi connectivity index (χ3n) is 8.41. The van der Waals surface area contributed by atoms with Gasteiger partial charge in [-0.3, -0.25) is 34.8 Å². The van der Waals surface area contributed by atoms with Gasteiger partial charge in [0.2, 0.25) is 0 Å². The summed E-state index contributed by atoms with van der Waals surface area (Å²) in [7, 11) is 0. The number of nitrogens with zero attached hydrogens (tertiary/aromatic N) is 7. The number of nitrogens with one attached hydrogen (secondary N) is 1. The molecule has 0 bridgehead atoms. The first-order valence-corrected chi connectivity index (χ1v) is 18.3. The smallest absolute Gasteiger partial charge is 0.345 e. The summed E-state index contributed by atoms with van der Waals surface area (Å²) in [5.74, 6) is 0. The maximum atomic E-state index is 4.55. The largest absolute Gasteiger partial charge is 2.00 e. The van der Waals surface area contributed by atoms with Gasteiger partial charge >= 0.3 is 19.5 Å². The van der Waals surface area contributed by atoms with Crippen LogP contribution in [0.5, 0.6) is 0 Å². The second kappa shape index (κ2) is 24.6. The Balaban J connectivity index is 0.000000205. The number of quaternary nitrogens is 2. The van der Waals surface area contributed by atoms with Crippen LogP contribution in [0.1, 0.15) is 24.0 Å². The minimum atomic E-state index is 0. The molecule has 6 aromatic heterocycles. The number of aryl methyl sites for hydroxylation is 1. The Hall–Kier alpha value is -4.64. The molecule has 1 saturated heterocycles. The SMILES string of the molecule is Cc1ccnc(-c2cc(CN3CCC[NH2+]CCNCCC[NH2+]CC3)ccn2)c1.[Ru+2].c1ccc(-c2ccccn2)nc1.c1ccc(-c2ccccn2)nc1. The van der Waals surface area contributed by atoms with Crippen LogP contribution < -0.4 is 16.0 Å². The van der Waals surface area contributed by atoms with Gasteiger partial charge < -0.3 is 16.0 Å². The standard InChI is InChI=1S/C22H34N6.2C10H8N2.Ru/c1-19-4-9-26-21(16-19)22-17-20(5-10-27-22)18-28-14-3-8-24-12-11-23-6-2-7-25-13-15-28;2*1-3-7-11-9(5-1)10-6-2-4-8-12-10;/h4-5,9-10,16-17,23-25H,2-3,6-8,11-15,18H2,1H3;2*1-8H;/q;;;+2/p+2. The molecule has 7 heterocycles. The predicted octanol–water partition coefficient (Wildman–Crippen LogP) is 4.05. The third kappa shape index (κ3) is 15.5. The molecule has 0 radical (unpaired) electrons. The summed E-state index contributed by atoms with van der Waals surface area (Å²) in [5, 5.41) is 8.43. The van der Waals surface area contributed by atoms with Crippen LogP contribution in [0.2, 0.25) is 0 Å². The first-order chi connectivity index (χ1) is 25.7. The van der Waals surface area contributed by atoms with E-state index >= 15 is 0 Å². The predicted molar refractivity (Wildman–Crippen MR) is 208 cm³/mol. The summed E-state index contributed by atoms with van der Waals surface area (Å²) in [5.41, 5.74) is 8.12. The van der Waals surface area contributed by atoms with Crippen LogP contribution in [0.4, 0.5) is 0 Å². The molecule has 5 N–H and O–H groups in total. The van der Waals surface area contributed by atoms with Crippen LogP contribution in [0.15, 0.2) is 134 Å². The van der Waals surface area contributed by atoms with Crippen LogP contribution in [-0.4, -0.2) is 87.2 Å². The van der Waals surface area contributed by atoms with Crippen molar-refractivity contribution in [1.82, 2.24) is 40.1 Å². The van der Waals surface area contributed by atoms with E-state index in [1.165, 1.54) is 50.1 Å². The fraction of sp³-hybridized carbons (Fsp3) is 0.286. The average molecular weight is 798 g/mol. The summed E-state index contributed by atoms with van der Waals surface area (Å²) in [6.07, 6.45) is 13.3. The van der Waals surface area contributed by atoms with Gasteiger partial charge in [-0.1, -0.05) is 24.3 Å². The van der Waals surface area contributed by atoms with E-state index < -0.39 is 0 Å². The maximum absolute atomic E-state index is 4.55. The number of hydrogen-bond donors (Lipinski definition) is 3. The van der Waals surface area contributed by atoms with Crippen molar-refractivity contribution in [2.45, 2.75) is 26.3 Å². The maximum Gasteiger partial charge on any atom is 2.00 e. The van der Waals surface area contributed by atoms with Crippen LogP contribution in [0, 0.1) is 6.92 Å². The average Bonchev–Trinajstić information content (AvgIpc) is 3.21. The number of pyridine rings is 6. The van der Waals surface area contributed by atoms with Crippen LogP contribution >= 0.6 is 0 Å². The molecule has 7 rings (SSSR count). The van der Waals surface area contributed by atoms with E-state index in [1.807, 2.05) is 91.3 Å². The number of hydrogen-bond acceptors (Lipinski definition) is 8. The second-order valence-corrected chi connectivity index (χ2v) is 12.6. The first kappa shape index (κ1) is 41.1. The summed E-state index contributed by atoms with van der Waals surface area (Å²) >= 11 is 0. The Labute approximate surface area is 327 Å². The van der Waals surface area contributed by atoms with Gasteiger partial charge in [0.1, 0.15) is 0 Å². The van der Waals surface area contributed by atoms with Crippen molar-refractivity contribution in [3.05, 3.63) is 145 Å². The van der Waals surface area contributed by atoms with Gasteiger partial charge in [0.05, 0.1) is 60.3 Å². The van der Waals surface area contributed by atoms with Gasteiger partial charge in [0.15, 0.2) is 0 Å². The van der Waals surface area contributed by atoms with Gasteiger partial charge in [-0.15, -0.1) is 0 Å². The molecule has 0 amide bonds. The van der Waals surface area contributed by atoms with Crippen LogP contribution in [0.25, 0.3) is 34.2 Å². The normalized spacial score (nSPS) is 14.1. The molecule has 1 aliphatic heterocycles. The van der Waals surface area contributed by atoms with E-state index in [4.69, 9.17) is 0 Å². The molecule has 6 aromatic rings. The Bertz CT molecular complexity index is 1650. The summed E-state index contributed by atoms with van der Waals surface area (Å²) in [4.78, 5) is 28.4. The van der Waals surface area contributed by atoms with Crippen LogP contribution in [-0.2, 0) is 26.0 Å². The molecule has 0 atom stereocenters. The summed E-state index contributed by atoms with van der Waals surface area (Å²) in [6.45, 7) is 12.4. The van der Waals surface area contributed by atoms with Crippen molar-refractivity contribution in [1.29, 1.82) is 0 Å². The zero-order valence-corrected chi connectivity index (χ0v) is 32.4. The molecule has 53 heavy (non-hydrogen) atoms. The zero-order valence-electron chi connectivity index (χ0n) is 30.6. The van der Waals surface area contributed by atoms with Gasteiger partial charge in [0.25, 0.3) is 0 Å². The molecule has 11 heteroatoms. The van der Waals surface area contributed by atoms with E-state index in [0.717, 1.165) is 66.9 Å². The molecule has 1 fully saturated rings. The molecule has 0 unspecified atom stereocenters. The first-order valence-electron chi connectivity index (χ1n) is 18.3. The molecule has 0 spiro atoms. The van der Waals surface area contributed by atoms with E-state index in [2.05, 4.69) is 75.9 Å². The minimum absolute atomic E-state index is 0. The fourth-order valence-electron chi connectivity index (χ4n) is 5.70. The van der Waals surface area contributed by atoms with Crippen molar-refractivity contribution in [2.75, 3.05) is 52.4 Å². The Morgan fingerprint density at radius 2 is 1.02 bits per heavy atom. The molecule has 1 aliphatic rings. The number of rotatable bonds is 5. The monoisotopic (exact) mass is 798 g/mol. The third-order valence-corrected chi connectivity index (χ3v) is 8.41. The van der Waals surface area contributed by atoms with Crippen molar-refractivity contribution < 1.29 is 30.1 Å².